The Hall–Kier alpha value is 1.64. The van der Waals surface area contributed by atoms with Crippen LogP contribution in [0.5, 0.6) is 0 Å². The molecule has 0 fully saturated rings. The smallest absolute Gasteiger partial charge is 1.00 e. The molecule has 0 amide bonds. The van der Waals surface area contributed by atoms with E-state index >= 15 is 0 Å². The molecule has 0 aliphatic rings. The molecule has 0 aliphatic carbocycles. The van der Waals surface area contributed by atoms with E-state index in [1.807, 2.05) is 0 Å². The van der Waals surface area contributed by atoms with Crippen molar-refractivity contribution in [3.05, 3.63) is 0 Å². The van der Waals surface area contributed by atoms with Gasteiger partial charge in [-0.25, -0.2) is 0 Å². The summed E-state index contributed by atoms with van der Waals surface area (Å²) in [5.74, 6) is 0. The van der Waals surface area contributed by atoms with Crippen molar-refractivity contribution in [1.29, 1.82) is 0 Å². The van der Waals surface area contributed by atoms with E-state index in [4.69, 9.17) is 0 Å². The van der Waals surface area contributed by atoms with E-state index < -0.39 is 0 Å². The summed E-state index contributed by atoms with van der Waals surface area (Å²) in [5.41, 5.74) is 0. The van der Waals surface area contributed by atoms with Gasteiger partial charge in [-0.15, -0.1) is 0 Å². The minimum absolute atomic E-state index is 0. The van der Waals surface area contributed by atoms with Gasteiger partial charge in [0.25, 0.3) is 0 Å². The predicted molar refractivity (Wildman–Crippen MR) is 71.9 cm³/mol. The van der Waals surface area contributed by atoms with Crippen molar-refractivity contribution in [2.24, 2.45) is 0 Å². The van der Waals surface area contributed by atoms with Crippen LogP contribution in [0.25, 0.3) is 0 Å². The maximum atomic E-state index is 2.27. The molecule has 0 saturated carbocycles. The molecule has 16 heavy (non-hydrogen) atoms. The molecule has 0 radical (unpaired) electrons. The monoisotopic (exact) mass is 296 g/mol. The fraction of sp³-hybridized carbons (Fsp3) is 1.00. The van der Waals surface area contributed by atoms with Crippen molar-refractivity contribution in [2.45, 2.75) is 74.5 Å². The largest absolute Gasteiger partial charge is 1.00 e. The summed E-state index contributed by atoms with van der Waals surface area (Å²) >= 11 is 1.64. The first-order chi connectivity index (χ1) is 6.83. The van der Waals surface area contributed by atoms with Gasteiger partial charge < -0.3 is 24.8 Å². The zero-order chi connectivity index (χ0) is 11.1. The minimum Gasteiger partial charge on any atom is -1.00 e. The van der Waals surface area contributed by atoms with Crippen molar-refractivity contribution in [1.82, 2.24) is 0 Å². The summed E-state index contributed by atoms with van der Waals surface area (Å²) in [6.07, 6.45) is 5.59. The first-order valence-electron chi connectivity index (χ1n) is 6.46. The molecular weight excluding hydrogens is 269 g/mol. The summed E-state index contributed by atoms with van der Waals surface area (Å²) < 4.78 is 0. The van der Waals surface area contributed by atoms with Gasteiger partial charge in [0, 0.05) is 0 Å². The van der Waals surface area contributed by atoms with Crippen LogP contribution in [0.2, 0.25) is 21.1 Å². The number of hydrogen-bond donors (Lipinski definition) is 0. The summed E-state index contributed by atoms with van der Waals surface area (Å²) in [6, 6.07) is 0. The fourth-order valence-corrected chi connectivity index (χ4v) is 3.32. The standard InChI is InChI=1S/4C3H7.2Al.2ClH/c4*1-3-2;;;;/h4*1,3H2,2H3;;;2*1H/q;;;;2*+1;;/p-2. The van der Waals surface area contributed by atoms with E-state index in [0.29, 0.717) is 0 Å². The molecule has 4 heteroatoms. The second-order valence-electron chi connectivity index (χ2n) is 3.73. The number of hydrogen-bond acceptors (Lipinski definition) is 0. The SMILES string of the molecule is CC[CH2][Al+][CH2]CC.CC[CH2][Al+][CH2]CC.[Cl-].[Cl-]. The Kier molecular flexibility index (Phi) is 49.3. The fourth-order valence-electron chi connectivity index (χ4n) is 1.11. The molecule has 0 spiro atoms. The van der Waals surface area contributed by atoms with E-state index in [1.54, 1.807) is 0 Å². The third-order valence-corrected chi connectivity index (χ3v) is 5.91. The number of halogens is 2. The zero-order valence-electron chi connectivity index (χ0n) is 11.6. The van der Waals surface area contributed by atoms with Gasteiger partial charge in [-0.1, -0.05) is 0 Å². The van der Waals surface area contributed by atoms with Crippen molar-refractivity contribution < 1.29 is 24.8 Å². The van der Waals surface area contributed by atoms with Crippen molar-refractivity contribution in [3.63, 3.8) is 0 Å². The second kappa shape index (κ2) is 30.0. The van der Waals surface area contributed by atoms with Crippen LogP contribution in [0, 0.1) is 0 Å². The van der Waals surface area contributed by atoms with Gasteiger partial charge in [-0.2, -0.15) is 0 Å². The molecule has 0 rings (SSSR count). The molecule has 0 nitrogen and oxygen atoms in total. The van der Waals surface area contributed by atoms with Crippen LogP contribution >= 0.6 is 0 Å². The minimum atomic E-state index is 0. The molecule has 0 aromatic carbocycles. The molecule has 0 unspecified atom stereocenters. The molecule has 0 aromatic rings. The van der Waals surface area contributed by atoms with E-state index in [-0.39, 0.29) is 24.8 Å². The van der Waals surface area contributed by atoms with Gasteiger partial charge in [0.05, 0.1) is 0 Å². The second-order valence-corrected chi connectivity index (χ2v) is 7.20. The normalized spacial score (nSPS) is 7.25. The van der Waals surface area contributed by atoms with Crippen LogP contribution in [0.15, 0.2) is 0 Å². The van der Waals surface area contributed by atoms with Gasteiger partial charge in [0.15, 0.2) is 0 Å². The molecule has 0 atom stereocenters. The van der Waals surface area contributed by atoms with Crippen molar-refractivity contribution >= 4 is 30.4 Å². The Morgan fingerprint density at radius 2 is 0.688 bits per heavy atom. The van der Waals surface area contributed by atoms with Crippen LogP contribution < -0.4 is 24.8 Å². The molecule has 0 bridgehead atoms. The average molecular weight is 297 g/mol. The van der Waals surface area contributed by atoms with Gasteiger partial charge in [0.2, 0.25) is 0 Å². The Morgan fingerprint density at radius 3 is 0.812 bits per heavy atom. The first kappa shape index (κ1) is 26.3. The summed E-state index contributed by atoms with van der Waals surface area (Å²) in [5, 5.41) is 6.03. The van der Waals surface area contributed by atoms with E-state index in [9.17, 15) is 0 Å². The van der Waals surface area contributed by atoms with E-state index in [1.165, 1.54) is 46.8 Å². The maximum Gasteiger partial charge on any atom is -1.00 e. The van der Waals surface area contributed by atoms with Crippen LogP contribution in [-0.4, -0.2) is 30.4 Å². The zero-order valence-corrected chi connectivity index (χ0v) is 15.4. The first-order valence-corrected chi connectivity index (χ1v) is 9.73. The third kappa shape index (κ3) is 36.1. The van der Waals surface area contributed by atoms with Crippen LogP contribution in [0.4, 0.5) is 0 Å². The Balaban J connectivity index is -0.0000000800. The summed E-state index contributed by atoms with van der Waals surface area (Å²) in [4.78, 5) is 0. The van der Waals surface area contributed by atoms with Gasteiger partial charge in [-0.3, -0.25) is 0 Å². The molecule has 0 aliphatic heterocycles. The third-order valence-electron chi connectivity index (χ3n) is 1.97. The van der Waals surface area contributed by atoms with Crippen LogP contribution in [0.1, 0.15) is 53.4 Å². The number of rotatable bonds is 8. The van der Waals surface area contributed by atoms with Gasteiger partial charge in [0.1, 0.15) is 0 Å². The maximum absolute atomic E-state index is 2.27. The van der Waals surface area contributed by atoms with E-state index in [2.05, 4.69) is 27.7 Å². The molecule has 0 aromatic heterocycles. The quantitative estimate of drug-likeness (QED) is 0.386. The molecule has 96 valence electrons. The van der Waals surface area contributed by atoms with Crippen LogP contribution in [-0.2, 0) is 0 Å². The van der Waals surface area contributed by atoms with Gasteiger partial charge >= 0.3 is 105 Å². The Morgan fingerprint density at radius 1 is 0.500 bits per heavy atom. The van der Waals surface area contributed by atoms with Crippen LogP contribution in [0.3, 0.4) is 0 Å². The van der Waals surface area contributed by atoms with Crippen molar-refractivity contribution in [3.8, 4) is 0 Å². The molecular formula is C12H28Al2Cl2. The topological polar surface area (TPSA) is 0 Å². The average Bonchev–Trinajstić information content (AvgIpc) is 2.21. The Bertz CT molecular complexity index is 65.4. The molecule has 0 saturated heterocycles. The summed E-state index contributed by atoms with van der Waals surface area (Å²) in [6.45, 7) is 9.07. The van der Waals surface area contributed by atoms with E-state index in [0.717, 1.165) is 30.4 Å². The summed E-state index contributed by atoms with van der Waals surface area (Å²) in [7, 11) is 0. The Labute approximate surface area is 129 Å². The molecule has 0 N–H and O–H groups in total. The van der Waals surface area contributed by atoms with Gasteiger partial charge in [-0.05, 0) is 0 Å². The molecule has 0 heterocycles. The van der Waals surface area contributed by atoms with Crippen molar-refractivity contribution in [2.75, 3.05) is 0 Å². The predicted octanol–water partition coefficient (Wildman–Crippen LogP) is -1.30.